The summed E-state index contributed by atoms with van der Waals surface area (Å²) in [6.07, 6.45) is 2.45. The van der Waals surface area contributed by atoms with E-state index in [9.17, 15) is 9.59 Å². The van der Waals surface area contributed by atoms with Crippen molar-refractivity contribution in [3.63, 3.8) is 0 Å². The summed E-state index contributed by atoms with van der Waals surface area (Å²) in [7, 11) is 1.28. The van der Waals surface area contributed by atoms with Crippen LogP contribution in [0.15, 0.2) is 27.7 Å². The number of esters is 1. The molecule has 0 unspecified atom stereocenters. The molecular formula is C11H8N4O4. The number of hydrogen-bond acceptors (Lipinski definition) is 4. The Bertz CT molecular complexity index is 687. The van der Waals surface area contributed by atoms with Crippen molar-refractivity contribution in [2.24, 2.45) is 5.11 Å². The summed E-state index contributed by atoms with van der Waals surface area (Å²) in [6.45, 7) is 0. The Balaban J connectivity index is 2.24. The van der Waals surface area contributed by atoms with Gasteiger partial charge in [0.1, 0.15) is 11.5 Å². The number of nitrogens with zero attached hydrogens (tertiary/aromatic N) is 3. The minimum absolute atomic E-state index is 0.275. The summed E-state index contributed by atoms with van der Waals surface area (Å²) >= 11 is 0. The van der Waals surface area contributed by atoms with Gasteiger partial charge in [0.05, 0.1) is 12.6 Å². The third-order valence-corrected chi connectivity index (χ3v) is 2.26. The number of carbonyl (C=O) groups excluding carboxylic acids is 2. The summed E-state index contributed by atoms with van der Waals surface area (Å²) < 4.78 is 9.91. The normalized spacial score (nSPS) is 10.6. The van der Waals surface area contributed by atoms with Gasteiger partial charge in [-0.05, 0) is 22.8 Å². The van der Waals surface area contributed by atoms with Gasteiger partial charge in [0.25, 0.3) is 0 Å². The fourth-order valence-corrected chi connectivity index (χ4v) is 1.47. The first kappa shape index (κ1) is 12.5. The molecule has 8 nitrogen and oxygen atoms in total. The van der Waals surface area contributed by atoms with Crippen LogP contribution in [0.3, 0.4) is 0 Å². The summed E-state index contributed by atoms with van der Waals surface area (Å²) in [5, 5.41) is 2.87. The predicted octanol–water partition coefficient (Wildman–Crippen LogP) is 2.40. The lowest BCUT2D eigenvalue weighted by atomic mass is 10.4. The number of aromatic amines is 1. The van der Waals surface area contributed by atoms with E-state index in [1.807, 2.05) is 0 Å². The summed E-state index contributed by atoms with van der Waals surface area (Å²) in [4.78, 5) is 27.4. The highest BCUT2D eigenvalue weighted by Gasteiger charge is 2.12. The highest BCUT2D eigenvalue weighted by Crippen LogP contribution is 2.21. The van der Waals surface area contributed by atoms with Crippen molar-refractivity contribution in [1.82, 2.24) is 4.98 Å². The van der Waals surface area contributed by atoms with Crippen LogP contribution in [-0.2, 0) is 9.53 Å². The van der Waals surface area contributed by atoms with Crippen molar-refractivity contribution in [2.45, 2.75) is 0 Å². The molecule has 2 rings (SSSR count). The molecule has 1 amide bonds. The third-order valence-electron chi connectivity index (χ3n) is 2.26. The molecule has 0 aliphatic heterocycles. The quantitative estimate of drug-likeness (QED) is 0.299. The molecule has 0 aliphatic carbocycles. The lowest BCUT2D eigenvalue weighted by Gasteiger charge is -1.92. The van der Waals surface area contributed by atoms with Crippen molar-refractivity contribution >= 4 is 29.1 Å². The maximum absolute atomic E-state index is 11.3. The number of carbonyl (C=O) groups is 2. The second-order valence-electron chi connectivity index (χ2n) is 3.46. The number of fused-ring (bicyclic) bond motifs is 1. The van der Waals surface area contributed by atoms with E-state index in [0.717, 1.165) is 6.08 Å². The molecule has 96 valence electrons. The molecule has 8 heteroatoms. The highest BCUT2D eigenvalue weighted by atomic mass is 16.5. The second-order valence-corrected chi connectivity index (χ2v) is 3.46. The number of furan rings is 1. The lowest BCUT2D eigenvalue weighted by Crippen LogP contribution is -2.00. The van der Waals surface area contributed by atoms with Crippen LogP contribution in [-0.4, -0.2) is 24.0 Å². The molecule has 0 spiro atoms. The third kappa shape index (κ3) is 2.64. The van der Waals surface area contributed by atoms with E-state index in [2.05, 4.69) is 19.7 Å². The van der Waals surface area contributed by atoms with Crippen LogP contribution in [0.4, 0.5) is 0 Å². The van der Waals surface area contributed by atoms with E-state index in [-0.39, 0.29) is 5.69 Å². The van der Waals surface area contributed by atoms with Crippen LogP contribution >= 0.6 is 0 Å². The number of hydrogen-bond donors (Lipinski definition) is 1. The molecule has 0 saturated heterocycles. The van der Waals surface area contributed by atoms with Crippen molar-refractivity contribution < 1.29 is 18.7 Å². The van der Waals surface area contributed by atoms with Crippen molar-refractivity contribution in [3.8, 4) is 0 Å². The first-order valence-corrected chi connectivity index (χ1v) is 5.12. The average Bonchev–Trinajstić information content (AvgIpc) is 2.93. The van der Waals surface area contributed by atoms with E-state index in [4.69, 9.17) is 9.95 Å². The van der Waals surface area contributed by atoms with Gasteiger partial charge in [0.2, 0.25) is 5.91 Å². The number of azide groups is 1. The molecule has 2 aromatic rings. The van der Waals surface area contributed by atoms with Crippen molar-refractivity contribution in [3.05, 3.63) is 40.1 Å². The van der Waals surface area contributed by atoms with Crippen LogP contribution in [0.25, 0.3) is 27.6 Å². The average molecular weight is 260 g/mol. The van der Waals surface area contributed by atoms with Gasteiger partial charge in [-0.25, -0.2) is 4.79 Å². The first-order chi connectivity index (χ1) is 9.13. The standard InChI is InChI=1S/C11H8N4O4/c1-18-11(17)8-5-9-7(13-8)4-6(19-9)2-3-10(16)14-15-12/h2-5,13H,1H3. The van der Waals surface area contributed by atoms with Crippen LogP contribution in [0.1, 0.15) is 16.2 Å². The van der Waals surface area contributed by atoms with Crippen LogP contribution < -0.4 is 0 Å². The van der Waals surface area contributed by atoms with E-state index < -0.39 is 11.9 Å². The van der Waals surface area contributed by atoms with Gasteiger partial charge < -0.3 is 14.1 Å². The number of amides is 1. The largest absolute Gasteiger partial charge is 0.464 e. The number of H-pyrrole nitrogens is 1. The smallest absolute Gasteiger partial charge is 0.354 e. The molecule has 2 heterocycles. The van der Waals surface area contributed by atoms with Gasteiger partial charge in [-0.1, -0.05) is 0 Å². The topological polar surface area (TPSA) is 121 Å². The molecule has 0 atom stereocenters. The molecule has 0 saturated carbocycles. The summed E-state index contributed by atoms with van der Waals surface area (Å²) in [5.74, 6) is -0.834. The Kier molecular flexibility index (Phi) is 3.35. The highest BCUT2D eigenvalue weighted by molar-refractivity contribution is 5.95. The molecule has 0 radical (unpaired) electrons. The van der Waals surface area contributed by atoms with Gasteiger partial charge in [0.15, 0.2) is 5.58 Å². The zero-order chi connectivity index (χ0) is 13.8. The van der Waals surface area contributed by atoms with Crippen molar-refractivity contribution in [2.75, 3.05) is 7.11 Å². The number of nitrogens with one attached hydrogen (secondary N) is 1. The van der Waals surface area contributed by atoms with Gasteiger partial charge in [0, 0.05) is 17.0 Å². The zero-order valence-electron chi connectivity index (χ0n) is 9.78. The molecule has 2 aromatic heterocycles. The van der Waals surface area contributed by atoms with Gasteiger partial charge in [-0.2, -0.15) is 0 Å². The molecule has 19 heavy (non-hydrogen) atoms. The molecular weight excluding hydrogens is 252 g/mol. The fourth-order valence-electron chi connectivity index (χ4n) is 1.47. The maximum atomic E-state index is 11.3. The van der Waals surface area contributed by atoms with Crippen molar-refractivity contribution in [1.29, 1.82) is 0 Å². The predicted molar refractivity (Wildman–Crippen MR) is 65.1 cm³/mol. The Morgan fingerprint density at radius 2 is 2.32 bits per heavy atom. The van der Waals surface area contributed by atoms with E-state index in [0.29, 0.717) is 16.9 Å². The zero-order valence-corrected chi connectivity index (χ0v) is 9.78. The first-order valence-electron chi connectivity index (χ1n) is 5.12. The van der Waals surface area contributed by atoms with Crippen LogP contribution in [0.2, 0.25) is 0 Å². The lowest BCUT2D eigenvalue weighted by molar-refractivity contribution is -0.113. The molecule has 1 N–H and O–H groups in total. The molecule has 0 aliphatic rings. The number of methoxy groups -OCH3 is 1. The fraction of sp³-hybridized carbons (Fsp3) is 0.0909. The molecule has 0 bridgehead atoms. The second kappa shape index (κ2) is 5.11. The Morgan fingerprint density at radius 3 is 2.95 bits per heavy atom. The maximum Gasteiger partial charge on any atom is 0.354 e. The number of rotatable bonds is 3. The van der Waals surface area contributed by atoms with Crippen LogP contribution in [0, 0.1) is 0 Å². The van der Waals surface area contributed by atoms with E-state index in [1.54, 1.807) is 6.07 Å². The van der Waals surface area contributed by atoms with Crippen LogP contribution in [0.5, 0.6) is 0 Å². The monoisotopic (exact) mass is 260 g/mol. The van der Waals surface area contributed by atoms with Gasteiger partial charge in [-0.15, -0.1) is 0 Å². The number of ether oxygens (including phenoxy) is 1. The van der Waals surface area contributed by atoms with Gasteiger partial charge in [-0.3, -0.25) is 4.79 Å². The molecule has 0 fully saturated rings. The molecule has 0 aromatic carbocycles. The minimum atomic E-state index is -0.724. The Labute approximate surface area is 106 Å². The van der Waals surface area contributed by atoms with E-state index in [1.165, 1.54) is 19.3 Å². The Hall–Kier alpha value is -2.99. The minimum Gasteiger partial charge on any atom is -0.464 e. The Morgan fingerprint density at radius 1 is 1.53 bits per heavy atom. The summed E-state index contributed by atoms with van der Waals surface area (Å²) in [6, 6.07) is 3.09. The summed E-state index contributed by atoms with van der Waals surface area (Å²) in [5.41, 5.74) is 9.38. The SMILES string of the molecule is COC(=O)c1cc2oc(C=CC(=O)N=[N+]=[N-])cc2[nH]1. The van der Waals surface area contributed by atoms with E-state index >= 15 is 0 Å². The van der Waals surface area contributed by atoms with Gasteiger partial charge >= 0.3 is 5.97 Å². The number of aromatic nitrogens is 1.